The Labute approximate surface area is 167 Å². The van der Waals surface area contributed by atoms with E-state index in [4.69, 9.17) is 4.74 Å². The molecule has 0 saturated heterocycles. The third-order valence-corrected chi connectivity index (χ3v) is 5.30. The Hall–Kier alpha value is -2.39. The lowest BCUT2D eigenvalue weighted by atomic mass is 10.2. The Morgan fingerprint density at radius 1 is 1.32 bits per heavy atom. The highest BCUT2D eigenvalue weighted by atomic mass is 32.2. The van der Waals surface area contributed by atoms with Crippen molar-refractivity contribution in [2.75, 3.05) is 19.5 Å². The number of hydrogen-bond donors (Lipinski definition) is 1. The molecule has 0 bridgehead atoms. The molecule has 0 radical (unpaired) electrons. The van der Waals surface area contributed by atoms with Crippen LogP contribution in [0.5, 0.6) is 0 Å². The summed E-state index contributed by atoms with van der Waals surface area (Å²) in [6.07, 6.45) is 1.85. The van der Waals surface area contributed by atoms with Crippen molar-refractivity contribution in [1.29, 1.82) is 0 Å². The number of nitrogens with one attached hydrogen (secondary N) is 1. The lowest BCUT2D eigenvalue weighted by Crippen LogP contribution is -2.36. The maximum Gasteiger partial charge on any atom is 0.262 e. The minimum Gasteiger partial charge on any atom is -0.383 e. The van der Waals surface area contributed by atoms with E-state index in [-0.39, 0.29) is 23.3 Å². The molecule has 0 aliphatic carbocycles. The zero-order chi connectivity index (χ0) is 20.1. The number of methoxy groups -OCH3 is 1. The number of rotatable bonds is 9. The van der Waals surface area contributed by atoms with Crippen molar-refractivity contribution in [1.82, 2.24) is 24.5 Å². The number of hydrogen-bond acceptors (Lipinski definition) is 6. The molecule has 0 aliphatic heterocycles. The summed E-state index contributed by atoms with van der Waals surface area (Å²) >= 11 is 1.30. The van der Waals surface area contributed by atoms with Crippen LogP contribution in [0.15, 0.2) is 34.2 Å². The maximum atomic E-state index is 12.9. The van der Waals surface area contributed by atoms with Crippen molar-refractivity contribution in [3.63, 3.8) is 0 Å². The Morgan fingerprint density at radius 2 is 2.11 bits per heavy atom. The van der Waals surface area contributed by atoms with Gasteiger partial charge in [0.1, 0.15) is 0 Å². The van der Waals surface area contributed by atoms with E-state index in [1.54, 1.807) is 11.7 Å². The number of carbonyl (C=O) groups is 1. The van der Waals surface area contributed by atoms with Gasteiger partial charge >= 0.3 is 0 Å². The van der Waals surface area contributed by atoms with Crippen molar-refractivity contribution in [2.45, 2.75) is 44.4 Å². The van der Waals surface area contributed by atoms with Gasteiger partial charge < -0.3 is 10.1 Å². The number of ether oxygens (including phenoxy) is 1. The molecule has 3 rings (SSSR count). The topological polar surface area (TPSA) is 90.5 Å². The third kappa shape index (κ3) is 4.20. The molecule has 1 aromatic carbocycles. The van der Waals surface area contributed by atoms with Crippen molar-refractivity contribution in [3.8, 4) is 0 Å². The van der Waals surface area contributed by atoms with Crippen LogP contribution in [0, 0.1) is 0 Å². The van der Waals surface area contributed by atoms with E-state index in [1.165, 1.54) is 11.8 Å². The number of unbranched alkanes of at least 4 members (excludes halogenated alkanes) is 1. The van der Waals surface area contributed by atoms with Crippen molar-refractivity contribution < 1.29 is 9.53 Å². The standard InChI is InChI=1S/C19H25N5O3S/c1-4-5-10-23-17(26)14-8-6-7-9-15(14)24-18(23)21-22-19(24)28-12-16(25)20-13(2)11-27-3/h6-9,13H,4-5,10-12H2,1-3H3,(H,20,25)/t13-/m0/s1. The SMILES string of the molecule is CCCCn1c(=O)c2ccccc2n2c(SCC(=O)N[C@@H](C)COC)nnc12. The van der Waals surface area contributed by atoms with Gasteiger partial charge in [-0.15, -0.1) is 10.2 Å². The molecule has 0 saturated carbocycles. The van der Waals surface area contributed by atoms with Crippen LogP contribution >= 0.6 is 11.8 Å². The van der Waals surface area contributed by atoms with Crippen molar-refractivity contribution >= 4 is 34.3 Å². The lowest BCUT2D eigenvalue weighted by Gasteiger charge is -2.12. The normalized spacial score (nSPS) is 12.5. The van der Waals surface area contributed by atoms with Gasteiger partial charge in [-0.1, -0.05) is 37.2 Å². The third-order valence-electron chi connectivity index (χ3n) is 4.37. The van der Waals surface area contributed by atoms with Crippen LogP contribution in [0.4, 0.5) is 0 Å². The first-order chi connectivity index (χ1) is 13.6. The van der Waals surface area contributed by atoms with E-state index in [9.17, 15) is 9.59 Å². The molecule has 8 nitrogen and oxygen atoms in total. The van der Waals surface area contributed by atoms with Gasteiger partial charge in [0.15, 0.2) is 5.16 Å². The van der Waals surface area contributed by atoms with Crippen LogP contribution in [0.1, 0.15) is 26.7 Å². The number of nitrogens with zero attached hydrogens (tertiary/aromatic N) is 4. The fourth-order valence-electron chi connectivity index (χ4n) is 3.08. The minimum atomic E-state index is -0.102. The van der Waals surface area contributed by atoms with Crippen LogP contribution < -0.4 is 10.9 Å². The largest absolute Gasteiger partial charge is 0.383 e. The van der Waals surface area contributed by atoms with Gasteiger partial charge in [0.2, 0.25) is 11.7 Å². The molecule has 0 aliphatic rings. The number of aromatic nitrogens is 4. The number of amides is 1. The summed E-state index contributed by atoms with van der Waals surface area (Å²) in [5.74, 6) is 0.611. The number of benzene rings is 1. The number of para-hydroxylation sites is 1. The van der Waals surface area contributed by atoms with Crippen molar-refractivity contribution in [2.24, 2.45) is 0 Å². The molecule has 1 N–H and O–H groups in total. The van der Waals surface area contributed by atoms with Gasteiger partial charge in [0.25, 0.3) is 5.56 Å². The number of aryl methyl sites for hydroxylation is 1. The van der Waals surface area contributed by atoms with Gasteiger partial charge in [-0.25, -0.2) is 0 Å². The summed E-state index contributed by atoms with van der Waals surface area (Å²) in [6.45, 7) is 5.01. The lowest BCUT2D eigenvalue weighted by molar-refractivity contribution is -0.119. The summed E-state index contributed by atoms with van der Waals surface area (Å²) < 4.78 is 8.57. The minimum absolute atomic E-state index is 0.0618. The second-order valence-corrected chi connectivity index (χ2v) is 7.60. The zero-order valence-corrected chi connectivity index (χ0v) is 17.2. The fourth-order valence-corrected chi connectivity index (χ4v) is 3.83. The summed E-state index contributed by atoms with van der Waals surface area (Å²) in [5, 5.41) is 12.6. The molecule has 1 amide bonds. The van der Waals surface area contributed by atoms with Gasteiger partial charge in [-0.2, -0.15) is 0 Å². The average molecular weight is 404 g/mol. The first-order valence-corrected chi connectivity index (χ1v) is 10.3. The molecule has 0 unspecified atom stereocenters. The Bertz CT molecular complexity index is 1030. The van der Waals surface area contributed by atoms with Crippen LogP contribution in [0.3, 0.4) is 0 Å². The molecule has 150 valence electrons. The highest BCUT2D eigenvalue weighted by Gasteiger charge is 2.17. The summed E-state index contributed by atoms with van der Waals surface area (Å²) in [6, 6.07) is 7.36. The van der Waals surface area contributed by atoms with Crippen LogP contribution in [-0.4, -0.2) is 50.6 Å². The highest BCUT2D eigenvalue weighted by Crippen LogP contribution is 2.21. The molecule has 2 heterocycles. The maximum absolute atomic E-state index is 12.9. The summed E-state index contributed by atoms with van der Waals surface area (Å²) in [5.41, 5.74) is 0.683. The molecule has 1 atom stereocenters. The van der Waals surface area contributed by atoms with Crippen molar-refractivity contribution in [3.05, 3.63) is 34.6 Å². The second-order valence-electron chi connectivity index (χ2n) is 6.66. The zero-order valence-electron chi connectivity index (χ0n) is 16.3. The molecule has 3 aromatic rings. The average Bonchev–Trinajstić information content (AvgIpc) is 3.10. The van der Waals surface area contributed by atoms with Gasteiger partial charge in [-0.3, -0.25) is 18.6 Å². The van der Waals surface area contributed by atoms with Crippen LogP contribution in [-0.2, 0) is 16.1 Å². The predicted molar refractivity (Wildman–Crippen MR) is 110 cm³/mol. The first kappa shape index (κ1) is 20.3. The van der Waals surface area contributed by atoms with E-state index in [2.05, 4.69) is 22.4 Å². The molecule has 9 heteroatoms. The Kier molecular flexibility index (Phi) is 6.69. The Balaban J connectivity index is 1.95. The fraction of sp³-hybridized carbons (Fsp3) is 0.474. The van der Waals surface area contributed by atoms with E-state index < -0.39 is 0 Å². The summed E-state index contributed by atoms with van der Waals surface area (Å²) in [7, 11) is 1.60. The van der Waals surface area contributed by atoms with E-state index in [1.807, 2.05) is 35.6 Å². The monoisotopic (exact) mass is 403 g/mol. The summed E-state index contributed by atoms with van der Waals surface area (Å²) in [4.78, 5) is 25.1. The van der Waals surface area contributed by atoms with E-state index >= 15 is 0 Å². The smallest absolute Gasteiger partial charge is 0.262 e. The van der Waals surface area contributed by atoms with Crippen LogP contribution in [0.2, 0.25) is 0 Å². The first-order valence-electron chi connectivity index (χ1n) is 9.34. The predicted octanol–water partition coefficient (Wildman–Crippen LogP) is 2.09. The highest BCUT2D eigenvalue weighted by molar-refractivity contribution is 7.99. The van der Waals surface area contributed by atoms with Gasteiger partial charge in [0.05, 0.1) is 23.3 Å². The Morgan fingerprint density at radius 3 is 2.86 bits per heavy atom. The molecule has 28 heavy (non-hydrogen) atoms. The molecule has 0 spiro atoms. The molecular formula is C19H25N5O3S. The van der Waals surface area contributed by atoms with Gasteiger partial charge in [-0.05, 0) is 25.5 Å². The van der Waals surface area contributed by atoms with Gasteiger partial charge in [0, 0.05) is 19.7 Å². The van der Waals surface area contributed by atoms with Crippen LogP contribution in [0.25, 0.3) is 16.7 Å². The molecule has 2 aromatic heterocycles. The quantitative estimate of drug-likeness (QED) is 0.550. The molecular weight excluding hydrogens is 378 g/mol. The van der Waals surface area contributed by atoms with E-state index in [0.717, 1.165) is 18.4 Å². The number of fused-ring (bicyclic) bond motifs is 3. The second kappa shape index (κ2) is 9.20. The number of carbonyl (C=O) groups excluding carboxylic acids is 1. The number of thioether (sulfide) groups is 1. The molecule has 0 fully saturated rings. The van der Waals surface area contributed by atoms with E-state index in [0.29, 0.717) is 29.5 Å².